The molecule has 0 heterocycles. The van der Waals surface area contributed by atoms with E-state index >= 15 is 0 Å². The zero-order valence-electron chi connectivity index (χ0n) is 9.99. The maximum atomic E-state index is 10.5. The summed E-state index contributed by atoms with van der Waals surface area (Å²) < 4.78 is 0. The Morgan fingerprint density at radius 2 is 1.26 bits per heavy atom. The SMILES string of the molecule is CC(=O)CC(=O)O.O=C(O)c1ccccc1C(=O)O. The van der Waals surface area contributed by atoms with Crippen molar-refractivity contribution in [2.75, 3.05) is 0 Å². The standard InChI is InChI=1S/C8H6O4.C4H6O3/c9-7(10)5-3-1-2-4-6(5)8(11)12;1-3(5)2-4(6)7/h1-4H,(H,9,10)(H,11,12);2H2,1H3,(H,6,7). The van der Waals surface area contributed by atoms with Crippen molar-refractivity contribution in [1.82, 2.24) is 0 Å². The van der Waals surface area contributed by atoms with Crippen molar-refractivity contribution in [1.29, 1.82) is 0 Å². The molecule has 1 rings (SSSR count). The van der Waals surface area contributed by atoms with Crippen LogP contribution in [0.25, 0.3) is 0 Å². The number of Topliss-reactive ketones (excluding diaryl/α,β-unsaturated/α-hetero) is 1. The summed E-state index contributed by atoms with van der Waals surface area (Å²) in [6, 6.07) is 5.48. The number of ketones is 1. The summed E-state index contributed by atoms with van der Waals surface area (Å²) in [6.45, 7) is 1.24. The van der Waals surface area contributed by atoms with E-state index in [-0.39, 0.29) is 23.3 Å². The smallest absolute Gasteiger partial charge is 0.336 e. The summed E-state index contributed by atoms with van der Waals surface area (Å²) in [7, 11) is 0. The molecule has 0 saturated carbocycles. The zero-order valence-corrected chi connectivity index (χ0v) is 9.99. The molecule has 0 aromatic heterocycles. The molecule has 0 aliphatic heterocycles. The third-order valence-electron chi connectivity index (χ3n) is 1.79. The average molecular weight is 268 g/mol. The first-order valence-corrected chi connectivity index (χ1v) is 5.02. The van der Waals surface area contributed by atoms with Crippen LogP contribution in [0.15, 0.2) is 24.3 Å². The Kier molecular flexibility index (Phi) is 6.51. The van der Waals surface area contributed by atoms with Gasteiger partial charge in [-0.25, -0.2) is 9.59 Å². The number of carboxylic acids is 3. The third kappa shape index (κ3) is 6.57. The topological polar surface area (TPSA) is 129 Å². The van der Waals surface area contributed by atoms with Crippen molar-refractivity contribution in [2.24, 2.45) is 0 Å². The maximum Gasteiger partial charge on any atom is 0.336 e. The summed E-state index contributed by atoms with van der Waals surface area (Å²) in [5.74, 6) is -3.83. The molecular weight excluding hydrogens is 256 g/mol. The normalized spacial score (nSPS) is 8.89. The summed E-state index contributed by atoms with van der Waals surface area (Å²) >= 11 is 0. The van der Waals surface area contributed by atoms with Crippen LogP contribution in [0.5, 0.6) is 0 Å². The zero-order chi connectivity index (χ0) is 15.0. The van der Waals surface area contributed by atoms with Gasteiger partial charge >= 0.3 is 17.9 Å². The highest BCUT2D eigenvalue weighted by Gasteiger charge is 2.13. The molecule has 1 aromatic carbocycles. The monoisotopic (exact) mass is 268 g/mol. The summed E-state index contributed by atoms with van der Waals surface area (Å²) in [6.07, 6.45) is -0.361. The molecule has 0 saturated heterocycles. The Morgan fingerprint density at radius 1 is 0.895 bits per heavy atom. The van der Waals surface area contributed by atoms with Crippen molar-refractivity contribution in [2.45, 2.75) is 13.3 Å². The summed E-state index contributed by atoms with van der Waals surface area (Å²) in [5.41, 5.74) is -0.380. The molecule has 0 amide bonds. The molecule has 0 bridgehead atoms. The van der Waals surface area contributed by atoms with E-state index in [0.29, 0.717) is 0 Å². The molecule has 19 heavy (non-hydrogen) atoms. The number of aromatic carboxylic acids is 2. The van der Waals surface area contributed by atoms with E-state index in [1.807, 2.05) is 0 Å². The second kappa shape index (κ2) is 7.59. The van der Waals surface area contributed by atoms with Crippen LogP contribution in [0.2, 0.25) is 0 Å². The molecular formula is C12H12O7. The van der Waals surface area contributed by atoms with Crippen molar-refractivity contribution in [3.63, 3.8) is 0 Å². The number of carboxylic acid groups (broad SMARTS) is 3. The number of hydrogen-bond acceptors (Lipinski definition) is 4. The number of carbonyl (C=O) groups excluding carboxylic acids is 1. The molecule has 0 spiro atoms. The van der Waals surface area contributed by atoms with Crippen LogP contribution in [-0.4, -0.2) is 39.0 Å². The van der Waals surface area contributed by atoms with Crippen LogP contribution in [0.1, 0.15) is 34.1 Å². The molecule has 0 aliphatic carbocycles. The van der Waals surface area contributed by atoms with Crippen LogP contribution >= 0.6 is 0 Å². The van der Waals surface area contributed by atoms with E-state index < -0.39 is 17.9 Å². The van der Waals surface area contributed by atoms with Crippen LogP contribution in [0.3, 0.4) is 0 Å². The Bertz CT molecular complexity index is 460. The highest BCUT2D eigenvalue weighted by Crippen LogP contribution is 2.07. The van der Waals surface area contributed by atoms with Crippen LogP contribution < -0.4 is 0 Å². The lowest BCUT2D eigenvalue weighted by Gasteiger charge is -1.98. The van der Waals surface area contributed by atoms with E-state index in [2.05, 4.69) is 0 Å². The minimum atomic E-state index is -1.23. The van der Waals surface area contributed by atoms with E-state index in [0.717, 1.165) is 0 Å². The fourth-order valence-corrected chi connectivity index (χ4v) is 1.07. The lowest BCUT2D eigenvalue weighted by Crippen LogP contribution is -2.06. The molecule has 3 N–H and O–H groups in total. The number of aliphatic carboxylic acids is 1. The van der Waals surface area contributed by atoms with Crippen LogP contribution in [0.4, 0.5) is 0 Å². The Hall–Kier alpha value is -2.70. The fraction of sp³-hybridized carbons (Fsp3) is 0.167. The lowest BCUT2D eigenvalue weighted by atomic mass is 10.1. The first kappa shape index (κ1) is 16.3. The van der Waals surface area contributed by atoms with E-state index in [4.69, 9.17) is 15.3 Å². The average Bonchev–Trinajstić information content (AvgIpc) is 2.27. The molecule has 0 unspecified atom stereocenters. The first-order chi connectivity index (χ1) is 8.75. The number of carbonyl (C=O) groups is 4. The van der Waals surface area contributed by atoms with Gasteiger partial charge in [0.25, 0.3) is 0 Å². The molecule has 0 radical (unpaired) electrons. The third-order valence-corrected chi connectivity index (χ3v) is 1.79. The van der Waals surface area contributed by atoms with E-state index in [1.54, 1.807) is 0 Å². The van der Waals surface area contributed by atoms with Gasteiger partial charge in [0.2, 0.25) is 0 Å². The number of benzene rings is 1. The highest BCUT2D eigenvalue weighted by molar-refractivity contribution is 6.01. The molecule has 102 valence electrons. The van der Waals surface area contributed by atoms with Gasteiger partial charge in [0.1, 0.15) is 12.2 Å². The Balaban J connectivity index is 0.000000399. The number of hydrogen-bond donors (Lipinski definition) is 3. The highest BCUT2D eigenvalue weighted by atomic mass is 16.4. The second-order valence-electron chi connectivity index (χ2n) is 3.43. The molecule has 0 atom stereocenters. The van der Waals surface area contributed by atoms with Gasteiger partial charge in [-0.1, -0.05) is 12.1 Å². The predicted molar refractivity (Wildman–Crippen MR) is 63.3 cm³/mol. The maximum absolute atomic E-state index is 10.5. The first-order valence-electron chi connectivity index (χ1n) is 5.02. The Labute approximate surface area is 108 Å². The largest absolute Gasteiger partial charge is 0.481 e. The van der Waals surface area contributed by atoms with Gasteiger partial charge in [0.05, 0.1) is 11.1 Å². The van der Waals surface area contributed by atoms with E-state index in [9.17, 15) is 19.2 Å². The lowest BCUT2D eigenvalue weighted by molar-refractivity contribution is -0.139. The minimum absolute atomic E-state index is 0.190. The van der Waals surface area contributed by atoms with Gasteiger partial charge in [-0.15, -0.1) is 0 Å². The second-order valence-corrected chi connectivity index (χ2v) is 3.43. The van der Waals surface area contributed by atoms with Gasteiger partial charge in [-0.3, -0.25) is 9.59 Å². The van der Waals surface area contributed by atoms with Crippen molar-refractivity contribution < 1.29 is 34.5 Å². The van der Waals surface area contributed by atoms with Crippen LogP contribution in [-0.2, 0) is 9.59 Å². The molecule has 0 fully saturated rings. The van der Waals surface area contributed by atoms with Crippen molar-refractivity contribution >= 4 is 23.7 Å². The molecule has 1 aromatic rings. The molecule has 7 heteroatoms. The minimum Gasteiger partial charge on any atom is -0.481 e. The Morgan fingerprint density at radius 3 is 1.42 bits per heavy atom. The van der Waals surface area contributed by atoms with Crippen molar-refractivity contribution in [3.8, 4) is 0 Å². The van der Waals surface area contributed by atoms with Gasteiger partial charge < -0.3 is 15.3 Å². The predicted octanol–water partition coefficient (Wildman–Crippen LogP) is 1.13. The van der Waals surface area contributed by atoms with Crippen molar-refractivity contribution in [3.05, 3.63) is 35.4 Å². The van der Waals surface area contributed by atoms with Gasteiger partial charge in [-0.2, -0.15) is 0 Å². The summed E-state index contributed by atoms with van der Waals surface area (Å²) in [5, 5.41) is 25.0. The molecule has 7 nitrogen and oxygen atoms in total. The van der Waals surface area contributed by atoms with Gasteiger partial charge in [-0.05, 0) is 19.1 Å². The summed E-state index contributed by atoms with van der Waals surface area (Å²) in [4.78, 5) is 40.4. The number of rotatable bonds is 4. The fourth-order valence-electron chi connectivity index (χ4n) is 1.07. The van der Waals surface area contributed by atoms with Gasteiger partial charge in [0, 0.05) is 0 Å². The molecule has 0 aliphatic rings. The quantitative estimate of drug-likeness (QED) is 0.698. The van der Waals surface area contributed by atoms with Gasteiger partial charge in [0.15, 0.2) is 0 Å². The van der Waals surface area contributed by atoms with E-state index in [1.165, 1.54) is 31.2 Å². The van der Waals surface area contributed by atoms with Crippen LogP contribution in [0, 0.1) is 0 Å².